The third-order valence-corrected chi connectivity index (χ3v) is 6.69. The third kappa shape index (κ3) is 3.89. The number of nitrogens with one attached hydrogen (secondary N) is 1. The third-order valence-electron chi connectivity index (χ3n) is 4.90. The number of rotatable bonds is 4. The molecule has 0 radical (unpaired) electrons. The Labute approximate surface area is 176 Å². The van der Waals surface area contributed by atoms with Crippen molar-refractivity contribution in [2.75, 3.05) is 16.2 Å². The zero-order chi connectivity index (χ0) is 21.3. The van der Waals surface area contributed by atoms with E-state index in [0.29, 0.717) is 22.7 Å². The normalized spacial score (nSPS) is 15.8. The van der Waals surface area contributed by atoms with Crippen molar-refractivity contribution in [3.63, 3.8) is 0 Å². The highest BCUT2D eigenvalue weighted by atomic mass is 32.2. The van der Waals surface area contributed by atoms with Crippen LogP contribution in [-0.2, 0) is 10.0 Å². The van der Waals surface area contributed by atoms with E-state index in [0.717, 1.165) is 5.56 Å². The minimum absolute atomic E-state index is 0.153. The largest absolute Gasteiger partial charge is 0.487 e. The molecule has 0 saturated heterocycles. The minimum atomic E-state index is -3.77. The van der Waals surface area contributed by atoms with Crippen LogP contribution < -0.4 is 14.4 Å². The molecule has 1 atom stereocenters. The molecule has 154 valence electrons. The van der Waals surface area contributed by atoms with E-state index in [-0.39, 0.29) is 23.5 Å². The summed E-state index contributed by atoms with van der Waals surface area (Å²) in [6.07, 6.45) is -0.261. The first kappa shape index (κ1) is 20.0. The number of fused-ring (bicyclic) bond motifs is 1. The van der Waals surface area contributed by atoms with Gasteiger partial charge in [0.15, 0.2) is 0 Å². The first-order valence-electron chi connectivity index (χ1n) is 9.61. The SMILES string of the molecule is Cc1ccc(C(=O)Nc2ccc(S(=O)(=O)N3C[C@H](C)Oc4ccccc43)cc2)cc1. The van der Waals surface area contributed by atoms with Crippen molar-refractivity contribution in [2.45, 2.75) is 24.8 Å². The van der Waals surface area contributed by atoms with Gasteiger partial charge in [0.1, 0.15) is 11.9 Å². The Bertz CT molecular complexity index is 1170. The summed E-state index contributed by atoms with van der Waals surface area (Å²) in [6, 6.07) is 20.5. The second-order valence-electron chi connectivity index (χ2n) is 7.28. The van der Waals surface area contributed by atoms with Gasteiger partial charge in [0, 0.05) is 11.3 Å². The average molecular weight is 423 g/mol. The van der Waals surface area contributed by atoms with Crippen LogP contribution in [0.4, 0.5) is 11.4 Å². The fourth-order valence-electron chi connectivity index (χ4n) is 3.32. The van der Waals surface area contributed by atoms with Crippen LogP contribution in [0, 0.1) is 6.92 Å². The molecule has 4 rings (SSSR count). The predicted molar refractivity (Wildman–Crippen MR) is 117 cm³/mol. The molecule has 3 aromatic rings. The lowest BCUT2D eigenvalue weighted by atomic mass is 10.1. The van der Waals surface area contributed by atoms with Gasteiger partial charge in [-0.05, 0) is 62.4 Å². The number of anilines is 2. The zero-order valence-electron chi connectivity index (χ0n) is 16.7. The van der Waals surface area contributed by atoms with E-state index in [1.807, 2.05) is 32.0 Å². The van der Waals surface area contributed by atoms with Gasteiger partial charge in [-0.3, -0.25) is 9.10 Å². The minimum Gasteiger partial charge on any atom is -0.487 e. The van der Waals surface area contributed by atoms with Crippen LogP contribution in [0.5, 0.6) is 5.75 Å². The number of nitrogens with zero attached hydrogens (tertiary/aromatic N) is 1. The number of ether oxygens (including phenoxy) is 1. The van der Waals surface area contributed by atoms with E-state index in [2.05, 4.69) is 5.32 Å². The molecule has 0 aromatic heterocycles. The van der Waals surface area contributed by atoms with Gasteiger partial charge in [-0.15, -0.1) is 0 Å². The number of para-hydroxylation sites is 2. The van der Waals surface area contributed by atoms with Crippen molar-refractivity contribution in [1.29, 1.82) is 0 Å². The number of benzene rings is 3. The summed E-state index contributed by atoms with van der Waals surface area (Å²) in [6.45, 7) is 4.02. The molecule has 1 heterocycles. The fraction of sp³-hybridized carbons (Fsp3) is 0.174. The van der Waals surface area contributed by atoms with Crippen LogP contribution >= 0.6 is 0 Å². The Kier molecular flexibility index (Phi) is 5.22. The lowest BCUT2D eigenvalue weighted by molar-refractivity contribution is 0.102. The zero-order valence-corrected chi connectivity index (χ0v) is 17.5. The topological polar surface area (TPSA) is 75.7 Å². The molecule has 1 aliphatic rings. The van der Waals surface area contributed by atoms with Crippen molar-refractivity contribution in [1.82, 2.24) is 0 Å². The number of hydrogen-bond acceptors (Lipinski definition) is 4. The van der Waals surface area contributed by atoms with Crippen molar-refractivity contribution >= 4 is 27.3 Å². The smallest absolute Gasteiger partial charge is 0.264 e. The van der Waals surface area contributed by atoms with Crippen LogP contribution in [0.3, 0.4) is 0 Å². The van der Waals surface area contributed by atoms with Gasteiger partial charge in [-0.25, -0.2) is 8.42 Å². The molecule has 0 bridgehead atoms. The number of sulfonamides is 1. The number of carbonyl (C=O) groups is 1. The van der Waals surface area contributed by atoms with Gasteiger partial charge in [0.2, 0.25) is 0 Å². The maximum Gasteiger partial charge on any atom is 0.264 e. The fourth-order valence-corrected chi connectivity index (χ4v) is 4.87. The molecular formula is C23H22N2O4S. The average Bonchev–Trinajstić information content (AvgIpc) is 2.74. The van der Waals surface area contributed by atoms with Crippen molar-refractivity contribution < 1.29 is 17.9 Å². The molecule has 7 heteroatoms. The lowest BCUT2D eigenvalue weighted by Crippen LogP contribution is -2.42. The molecule has 30 heavy (non-hydrogen) atoms. The Balaban J connectivity index is 1.56. The molecule has 1 amide bonds. The quantitative estimate of drug-likeness (QED) is 0.683. The molecule has 6 nitrogen and oxygen atoms in total. The van der Waals surface area contributed by atoms with Crippen LogP contribution in [0.15, 0.2) is 77.7 Å². The number of amides is 1. The molecule has 0 unspecified atom stereocenters. The first-order chi connectivity index (χ1) is 14.3. The van der Waals surface area contributed by atoms with Crippen molar-refractivity contribution in [2.24, 2.45) is 0 Å². The number of aryl methyl sites for hydroxylation is 1. The Hall–Kier alpha value is -3.32. The second kappa shape index (κ2) is 7.84. The molecular weight excluding hydrogens is 400 g/mol. The van der Waals surface area contributed by atoms with Crippen LogP contribution in [0.25, 0.3) is 0 Å². The number of carbonyl (C=O) groups excluding carboxylic acids is 1. The Morgan fingerprint density at radius 2 is 1.67 bits per heavy atom. The van der Waals surface area contributed by atoms with E-state index >= 15 is 0 Å². The summed E-state index contributed by atoms with van der Waals surface area (Å²) in [5, 5.41) is 2.79. The van der Waals surface area contributed by atoms with E-state index in [4.69, 9.17) is 4.74 Å². The van der Waals surface area contributed by atoms with Gasteiger partial charge >= 0.3 is 0 Å². The molecule has 0 saturated carbocycles. The molecule has 0 spiro atoms. The summed E-state index contributed by atoms with van der Waals surface area (Å²) < 4.78 is 33.7. The van der Waals surface area contributed by atoms with Crippen LogP contribution in [-0.4, -0.2) is 27.0 Å². The summed E-state index contributed by atoms with van der Waals surface area (Å²) in [5.74, 6) is 0.295. The van der Waals surface area contributed by atoms with E-state index in [9.17, 15) is 13.2 Å². The van der Waals surface area contributed by atoms with Crippen LogP contribution in [0.2, 0.25) is 0 Å². The predicted octanol–water partition coefficient (Wildman–Crippen LogP) is 4.22. The summed E-state index contributed by atoms with van der Waals surface area (Å²) in [4.78, 5) is 12.5. The van der Waals surface area contributed by atoms with Gasteiger partial charge < -0.3 is 10.1 Å². The number of hydrogen-bond donors (Lipinski definition) is 1. The highest BCUT2D eigenvalue weighted by Gasteiger charge is 2.32. The van der Waals surface area contributed by atoms with Gasteiger partial charge in [-0.2, -0.15) is 0 Å². The van der Waals surface area contributed by atoms with Crippen LogP contribution in [0.1, 0.15) is 22.8 Å². The maximum absolute atomic E-state index is 13.3. The van der Waals surface area contributed by atoms with E-state index in [1.54, 1.807) is 42.5 Å². The van der Waals surface area contributed by atoms with Gasteiger partial charge in [0.25, 0.3) is 15.9 Å². The van der Waals surface area contributed by atoms with E-state index < -0.39 is 10.0 Å². The Morgan fingerprint density at radius 3 is 2.37 bits per heavy atom. The standard InChI is InChI=1S/C23H22N2O4S/c1-16-7-9-18(10-8-16)23(26)24-19-11-13-20(14-12-19)30(27,28)25-15-17(2)29-22-6-4-3-5-21(22)25/h3-14,17H,15H2,1-2H3,(H,24,26)/t17-/m0/s1. The van der Waals surface area contributed by atoms with Gasteiger partial charge in [0.05, 0.1) is 17.1 Å². The molecule has 1 aliphatic heterocycles. The highest BCUT2D eigenvalue weighted by Crippen LogP contribution is 2.36. The summed E-state index contributed by atoms with van der Waals surface area (Å²) in [5.41, 5.74) is 2.65. The molecule has 3 aromatic carbocycles. The molecule has 0 fully saturated rings. The van der Waals surface area contributed by atoms with E-state index in [1.165, 1.54) is 16.4 Å². The van der Waals surface area contributed by atoms with Crippen molar-refractivity contribution in [3.8, 4) is 5.75 Å². The summed E-state index contributed by atoms with van der Waals surface area (Å²) in [7, 11) is -3.77. The van der Waals surface area contributed by atoms with Crippen molar-refractivity contribution in [3.05, 3.63) is 83.9 Å². The molecule has 1 N–H and O–H groups in total. The lowest BCUT2D eigenvalue weighted by Gasteiger charge is -2.34. The highest BCUT2D eigenvalue weighted by molar-refractivity contribution is 7.92. The maximum atomic E-state index is 13.3. The summed E-state index contributed by atoms with van der Waals surface area (Å²) >= 11 is 0. The second-order valence-corrected chi connectivity index (χ2v) is 9.14. The monoisotopic (exact) mass is 422 g/mol. The first-order valence-corrected chi connectivity index (χ1v) is 11.0. The molecule has 0 aliphatic carbocycles. The van der Waals surface area contributed by atoms with Gasteiger partial charge in [-0.1, -0.05) is 29.8 Å². The Morgan fingerprint density at radius 1 is 1.00 bits per heavy atom.